The van der Waals surface area contributed by atoms with Crippen molar-refractivity contribution in [2.24, 2.45) is 7.05 Å². The molecule has 1 heterocycles. The molecule has 0 aliphatic carbocycles. The minimum Gasteiger partial charge on any atom is -0.396 e. The maximum absolute atomic E-state index is 8.88. The van der Waals surface area contributed by atoms with Crippen molar-refractivity contribution in [3.8, 4) is 0 Å². The molecule has 0 radical (unpaired) electrons. The van der Waals surface area contributed by atoms with E-state index < -0.39 is 0 Å². The second kappa shape index (κ2) is 5.28. The Bertz CT molecular complexity index is 294. The summed E-state index contributed by atoms with van der Waals surface area (Å²) in [6.45, 7) is 5.34. The van der Waals surface area contributed by atoms with Crippen molar-refractivity contribution >= 4 is 0 Å². The van der Waals surface area contributed by atoms with Crippen LogP contribution in [0.3, 0.4) is 0 Å². The molecule has 1 aromatic heterocycles. The van der Waals surface area contributed by atoms with E-state index in [9.17, 15) is 0 Å². The quantitative estimate of drug-likeness (QED) is 0.728. The van der Waals surface area contributed by atoms with Gasteiger partial charge in [0.15, 0.2) is 0 Å². The number of aromatic nitrogens is 2. The Hall–Kier alpha value is -0.870. The van der Waals surface area contributed by atoms with Crippen molar-refractivity contribution in [1.29, 1.82) is 0 Å². The zero-order chi connectivity index (χ0) is 11.3. The fourth-order valence-electron chi connectivity index (χ4n) is 1.54. The van der Waals surface area contributed by atoms with Gasteiger partial charge in [0.05, 0.1) is 0 Å². The first kappa shape index (κ1) is 12.2. The highest BCUT2D eigenvalue weighted by Gasteiger charge is 2.15. The minimum absolute atomic E-state index is 0.00728. The van der Waals surface area contributed by atoms with E-state index in [1.165, 1.54) is 5.69 Å². The lowest BCUT2D eigenvalue weighted by atomic mass is 10.0. The van der Waals surface area contributed by atoms with E-state index in [2.05, 4.69) is 24.3 Å². The molecule has 0 bridgehead atoms. The lowest BCUT2D eigenvalue weighted by Crippen LogP contribution is -2.41. The molecular weight excluding hydrogens is 190 g/mol. The normalized spacial score (nSPS) is 12.0. The third-order valence-electron chi connectivity index (χ3n) is 2.64. The summed E-state index contributed by atoms with van der Waals surface area (Å²) >= 11 is 0. The van der Waals surface area contributed by atoms with Gasteiger partial charge >= 0.3 is 0 Å². The maximum Gasteiger partial charge on any atom is 0.0492 e. The minimum atomic E-state index is 0.00728. The molecule has 0 aliphatic heterocycles. The van der Waals surface area contributed by atoms with E-state index in [1.54, 1.807) is 0 Å². The van der Waals surface area contributed by atoms with Gasteiger partial charge in [0.2, 0.25) is 0 Å². The van der Waals surface area contributed by atoms with Crippen LogP contribution in [0.15, 0.2) is 12.3 Å². The summed E-state index contributed by atoms with van der Waals surface area (Å²) in [4.78, 5) is 0. The predicted molar refractivity (Wildman–Crippen MR) is 60.7 cm³/mol. The summed E-state index contributed by atoms with van der Waals surface area (Å²) in [5.74, 6) is 0. The van der Waals surface area contributed by atoms with Gasteiger partial charge in [-0.3, -0.25) is 4.68 Å². The van der Waals surface area contributed by atoms with Crippen LogP contribution in [-0.4, -0.2) is 33.6 Å². The second-order valence-corrected chi connectivity index (χ2v) is 4.48. The molecule has 0 fully saturated rings. The Morgan fingerprint density at radius 1 is 1.53 bits per heavy atom. The molecule has 86 valence electrons. The van der Waals surface area contributed by atoms with Gasteiger partial charge in [-0.1, -0.05) is 0 Å². The number of aryl methyl sites for hydroxylation is 1. The number of nitrogens with one attached hydrogen (secondary N) is 1. The second-order valence-electron chi connectivity index (χ2n) is 4.48. The number of hydrogen-bond acceptors (Lipinski definition) is 3. The highest BCUT2D eigenvalue weighted by atomic mass is 16.3. The van der Waals surface area contributed by atoms with Gasteiger partial charge in [0.25, 0.3) is 0 Å². The van der Waals surface area contributed by atoms with Crippen molar-refractivity contribution in [2.75, 3.05) is 13.2 Å². The number of nitrogens with zero attached hydrogens (tertiary/aromatic N) is 2. The predicted octanol–water partition coefficient (Wildman–Crippen LogP) is 0.713. The molecule has 1 rings (SSSR count). The highest BCUT2D eigenvalue weighted by molar-refractivity contribution is 5.00. The van der Waals surface area contributed by atoms with Gasteiger partial charge in [-0.2, -0.15) is 5.10 Å². The molecule has 0 aliphatic rings. The summed E-state index contributed by atoms with van der Waals surface area (Å²) in [6.07, 6.45) is 3.55. The molecular formula is C11H21N3O. The van der Waals surface area contributed by atoms with E-state index >= 15 is 0 Å². The monoisotopic (exact) mass is 211 g/mol. The van der Waals surface area contributed by atoms with Crippen LogP contribution in [0, 0.1) is 0 Å². The van der Waals surface area contributed by atoms with E-state index in [0.717, 1.165) is 19.4 Å². The van der Waals surface area contributed by atoms with Crippen LogP contribution >= 0.6 is 0 Å². The SMILES string of the molecule is Cn1nccc1CCNC(C)(C)CCO. The van der Waals surface area contributed by atoms with Gasteiger partial charge in [0, 0.05) is 44.0 Å². The molecule has 0 aromatic carbocycles. The van der Waals surface area contributed by atoms with Gasteiger partial charge < -0.3 is 10.4 Å². The van der Waals surface area contributed by atoms with Crippen molar-refractivity contribution in [3.63, 3.8) is 0 Å². The first-order chi connectivity index (χ1) is 7.05. The molecule has 0 unspecified atom stereocenters. The third kappa shape index (κ3) is 4.01. The van der Waals surface area contributed by atoms with Gasteiger partial charge in [-0.15, -0.1) is 0 Å². The summed E-state index contributed by atoms with van der Waals surface area (Å²) in [6, 6.07) is 2.03. The van der Waals surface area contributed by atoms with Crippen LogP contribution in [0.1, 0.15) is 26.0 Å². The highest BCUT2D eigenvalue weighted by Crippen LogP contribution is 2.07. The first-order valence-electron chi connectivity index (χ1n) is 5.38. The molecule has 15 heavy (non-hydrogen) atoms. The molecule has 0 saturated heterocycles. The van der Waals surface area contributed by atoms with Crippen molar-refractivity contribution in [2.45, 2.75) is 32.2 Å². The number of rotatable bonds is 6. The molecule has 0 atom stereocenters. The summed E-state index contributed by atoms with van der Waals surface area (Å²) in [5.41, 5.74) is 1.23. The van der Waals surface area contributed by atoms with E-state index in [1.807, 2.05) is 24.0 Å². The fraction of sp³-hybridized carbons (Fsp3) is 0.727. The number of aliphatic hydroxyl groups is 1. The van der Waals surface area contributed by atoms with Crippen LogP contribution in [0.25, 0.3) is 0 Å². The topological polar surface area (TPSA) is 50.1 Å². The van der Waals surface area contributed by atoms with Crippen LogP contribution in [-0.2, 0) is 13.5 Å². The smallest absolute Gasteiger partial charge is 0.0492 e. The van der Waals surface area contributed by atoms with E-state index in [-0.39, 0.29) is 12.1 Å². The number of aliphatic hydroxyl groups excluding tert-OH is 1. The van der Waals surface area contributed by atoms with Crippen molar-refractivity contribution < 1.29 is 5.11 Å². The van der Waals surface area contributed by atoms with Gasteiger partial charge in [-0.25, -0.2) is 0 Å². The standard InChI is InChI=1S/C11H21N3O/c1-11(2,6-9-15)12-7-4-10-5-8-13-14(10)3/h5,8,12,15H,4,6-7,9H2,1-3H3. The maximum atomic E-state index is 8.88. The largest absolute Gasteiger partial charge is 0.396 e. The summed E-state index contributed by atoms with van der Waals surface area (Å²) in [5, 5.41) is 16.4. The van der Waals surface area contributed by atoms with Crippen molar-refractivity contribution in [3.05, 3.63) is 18.0 Å². The zero-order valence-corrected chi connectivity index (χ0v) is 9.82. The summed E-state index contributed by atoms with van der Waals surface area (Å²) < 4.78 is 1.89. The van der Waals surface area contributed by atoms with Gasteiger partial charge in [-0.05, 0) is 26.3 Å². The average molecular weight is 211 g/mol. The summed E-state index contributed by atoms with van der Waals surface area (Å²) in [7, 11) is 1.95. The molecule has 0 spiro atoms. The van der Waals surface area contributed by atoms with E-state index in [0.29, 0.717) is 0 Å². The Balaban J connectivity index is 2.30. The lowest BCUT2D eigenvalue weighted by Gasteiger charge is -2.25. The van der Waals surface area contributed by atoms with Crippen LogP contribution in [0.4, 0.5) is 0 Å². The zero-order valence-electron chi connectivity index (χ0n) is 9.82. The third-order valence-corrected chi connectivity index (χ3v) is 2.64. The Morgan fingerprint density at radius 2 is 2.27 bits per heavy atom. The average Bonchev–Trinajstić information content (AvgIpc) is 2.51. The van der Waals surface area contributed by atoms with Crippen molar-refractivity contribution in [1.82, 2.24) is 15.1 Å². The molecule has 0 amide bonds. The number of hydrogen-bond donors (Lipinski definition) is 2. The molecule has 1 aromatic rings. The van der Waals surface area contributed by atoms with Crippen LogP contribution in [0.2, 0.25) is 0 Å². The van der Waals surface area contributed by atoms with Gasteiger partial charge in [0.1, 0.15) is 0 Å². The fourth-order valence-corrected chi connectivity index (χ4v) is 1.54. The van der Waals surface area contributed by atoms with E-state index in [4.69, 9.17) is 5.11 Å². The van der Waals surface area contributed by atoms with Crippen LogP contribution < -0.4 is 5.32 Å². The molecule has 2 N–H and O–H groups in total. The molecule has 0 saturated carbocycles. The Morgan fingerprint density at radius 3 is 2.80 bits per heavy atom. The first-order valence-corrected chi connectivity index (χ1v) is 5.38. The lowest BCUT2D eigenvalue weighted by molar-refractivity contribution is 0.231. The molecule has 4 nitrogen and oxygen atoms in total. The van der Waals surface area contributed by atoms with Crippen LogP contribution in [0.5, 0.6) is 0 Å². The Kier molecular flexibility index (Phi) is 4.29. The Labute approximate surface area is 91.3 Å². The molecule has 4 heteroatoms.